The van der Waals surface area contributed by atoms with Gasteiger partial charge in [-0.15, -0.1) is 0 Å². The largest absolute Gasteiger partial charge is 0.488 e. The highest BCUT2D eigenvalue weighted by Crippen LogP contribution is 2.11. The van der Waals surface area contributed by atoms with Gasteiger partial charge >= 0.3 is 13.1 Å². The Labute approximate surface area is 84.2 Å². The molecule has 2 N–H and O–H groups in total. The van der Waals surface area contributed by atoms with Gasteiger partial charge < -0.3 is 14.8 Å². The van der Waals surface area contributed by atoms with Crippen molar-refractivity contribution in [3.05, 3.63) is 29.3 Å². The molecule has 0 unspecified atom stereocenters. The lowest BCUT2D eigenvalue weighted by molar-refractivity contribution is 0.0594. The van der Waals surface area contributed by atoms with E-state index in [1.54, 1.807) is 0 Å². The van der Waals surface area contributed by atoms with Crippen molar-refractivity contribution in [2.24, 2.45) is 0 Å². The average molecular weight is 216 g/mol. The number of carbonyl (C=O) groups excluding carboxylic acids is 1. The molecule has 0 heterocycles. The molecule has 0 saturated carbocycles. The maximum absolute atomic E-state index is 13.0. The van der Waals surface area contributed by atoms with Crippen molar-refractivity contribution in [1.82, 2.24) is 0 Å². The van der Waals surface area contributed by atoms with Gasteiger partial charge in [0, 0.05) is 0 Å². The molecule has 15 heavy (non-hydrogen) atoms. The van der Waals surface area contributed by atoms with E-state index in [1.165, 1.54) is 0 Å². The van der Waals surface area contributed by atoms with Crippen LogP contribution in [0.25, 0.3) is 0 Å². The SMILES string of the molecule is COC(=O)c1cc(B(O)O)cc(F)c1F. The highest BCUT2D eigenvalue weighted by molar-refractivity contribution is 6.58. The lowest BCUT2D eigenvalue weighted by Gasteiger charge is -2.05. The molecule has 0 aromatic heterocycles. The van der Waals surface area contributed by atoms with Gasteiger partial charge in [-0.1, -0.05) is 0 Å². The van der Waals surface area contributed by atoms with E-state index >= 15 is 0 Å². The standard InChI is InChI=1S/C8H7BF2O4/c1-15-8(12)5-2-4(9(13)14)3-6(10)7(5)11/h2-3,13-14H,1H3. The highest BCUT2D eigenvalue weighted by atomic mass is 19.2. The minimum absolute atomic E-state index is 0.325. The van der Waals surface area contributed by atoms with Crippen LogP contribution < -0.4 is 5.46 Å². The number of hydrogen-bond donors (Lipinski definition) is 2. The van der Waals surface area contributed by atoms with Crippen LogP contribution in [0.2, 0.25) is 0 Å². The molecule has 0 aliphatic carbocycles. The van der Waals surface area contributed by atoms with Gasteiger partial charge in [-0.3, -0.25) is 0 Å². The van der Waals surface area contributed by atoms with Crippen LogP contribution in [-0.4, -0.2) is 30.2 Å². The Balaban J connectivity index is 3.31. The summed E-state index contributed by atoms with van der Waals surface area (Å²) in [6, 6.07) is 1.40. The molecular formula is C8H7BF2O4. The van der Waals surface area contributed by atoms with E-state index < -0.39 is 30.3 Å². The summed E-state index contributed by atoms with van der Waals surface area (Å²) in [6.45, 7) is 0. The van der Waals surface area contributed by atoms with Crippen molar-refractivity contribution < 1.29 is 28.4 Å². The Morgan fingerprint density at radius 2 is 2.00 bits per heavy atom. The number of hydrogen-bond acceptors (Lipinski definition) is 4. The molecule has 1 aromatic rings. The van der Waals surface area contributed by atoms with Gasteiger partial charge in [0.2, 0.25) is 0 Å². The molecule has 0 aliphatic heterocycles. The molecule has 0 atom stereocenters. The van der Waals surface area contributed by atoms with Crippen LogP contribution in [0.4, 0.5) is 8.78 Å². The first-order valence-corrected chi connectivity index (χ1v) is 3.90. The second kappa shape index (κ2) is 4.37. The van der Waals surface area contributed by atoms with Gasteiger partial charge in [0.1, 0.15) is 0 Å². The Morgan fingerprint density at radius 1 is 1.40 bits per heavy atom. The molecule has 0 saturated heterocycles. The highest BCUT2D eigenvalue weighted by Gasteiger charge is 2.21. The average Bonchev–Trinajstić information content (AvgIpc) is 2.20. The Kier molecular flexibility index (Phi) is 3.38. The van der Waals surface area contributed by atoms with Gasteiger partial charge in [0.05, 0.1) is 12.7 Å². The van der Waals surface area contributed by atoms with Crippen molar-refractivity contribution in [1.29, 1.82) is 0 Å². The quantitative estimate of drug-likeness (QED) is 0.513. The summed E-state index contributed by atoms with van der Waals surface area (Å²) in [7, 11) is -0.981. The third-order valence-electron chi connectivity index (χ3n) is 1.75. The minimum Gasteiger partial charge on any atom is -0.465 e. The van der Waals surface area contributed by atoms with Crippen molar-refractivity contribution in [2.45, 2.75) is 0 Å². The first kappa shape index (κ1) is 11.6. The van der Waals surface area contributed by atoms with Crippen molar-refractivity contribution in [3.8, 4) is 0 Å². The molecule has 0 spiro atoms. The number of esters is 1. The van der Waals surface area contributed by atoms with Gasteiger partial charge in [0.15, 0.2) is 11.6 Å². The fourth-order valence-electron chi connectivity index (χ4n) is 1.02. The van der Waals surface area contributed by atoms with E-state index in [2.05, 4.69) is 4.74 Å². The number of carbonyl (C=O) groups is 1. The smallest absolute Gasteiger partial charge is 0.465 e. The fourth-order valence-corrected chi connectivity index (χ4v) is 1.02. The van der Waals surface area contributed by atoms with Crippen molar-refractivity contribution >= 4 is 18.6 Å². The first-order chi connectivity index (χ1) is 6.97. The summed E-state index contributed by atoms with van der Waals surface area (Å²) in [5, 5.41) is 17.5. The predicted molar refractivity (Wildman–Crippen MR) is 47.5 cm³/mol. The van der Waals surface area contributed by atoms with E-state index in [4.69, 9.17) is 10.0 Å². The van der Waals surface area contributed by atoms with Crippen LogP contribution in [0.3, 0.4) is 0 Å². The molecule has 80 valence electrons. The third kappa shape index (κ3) is 2.31. The summed E-state index contributed by atoms with van der Waals surface area (Å²) >= 11 is 0. The summed E-state index contributed by atoms with van der Waals surface area (Å²) < 4.78 is 30.1. The zero-order chi connectivity index (χ0) is 11.6. The summed E-state index contributed by atoms with van der Waals surface area (Å²) in [4.78, 5) is 11.0. The fraction of sp³-hybridized carbons (Fsp3) is 0.125. The first-order valence-electron chi connectivity index (χ1n) is 3.90. The Morgan fingerprint density at radius 3 is 2.47 bits per heavy atom. The molecule has 4 nitrogen and oxygen atoms in total. The van der Waals surface area contributed by atoms with Crippen LogP contribution in [-0.2, 0) is 4.74 Å². The lowest BCUT2D eigenvalue weighted by Crippen LogP contribution is -2.31. The van der Waals surface area contributed by atoms with Crippen molar-refractivity contribution in [2.75, 3.05) is 7.11 Å². The lowest BCUT2D eigenvalue weighted by atomic mass is 9.79. The van der Waals surface area contributed by atoms with Crippen LogP contribution in [0.15, 0.2) is 12.1 Å². The Bertz CT molecular complexity index is 394. The molecule has 0 fully saturated rings. The number of halogens is 2. The Hall–Kier alpha value is -1.47. The molecule has 0 radical (unpaired) electrons. The maximum Gasteiger partial charge on any atom is 0.488 e. The number of rotatable bonds is 2. The molecular weight excluding hydrogens is 209 g/mol. The van der Waals surface area contributed by atoms with Crippen LogP contribution in [0, 0.1) is 11.6 Å². The second-order valence-corrected chi connectivity index (χ2v) is 2.73. The molecule has 7 heteroatoms. The zero-order valence-electron chi connectivity index (χ0n) is 7.70. The molecule has 1 aromatic carbocycles. The summed E-state index contributed by atoms with van der Waals surface area (Å²) in [5.41, 5.74) is -1.00. The van der Waals surface area contributed by atoms with Crippen molar-refractivity contribution in [3.63, 3.8) is 0 Å². The number of benzene rings is 1. The van der Waals surface area contributed by atoms with Crippen LogP contribution in [0.5, 0.6) is 0 Å². The number of methoxy groups -OCH3 is 1. The van der Waals surface area contributed by atoms with E-state index in [-0.39, 0.29) is 5.46 Å². The molecule has 0 amide bonds. The summed E-state index contributed by atoms with van der Waals surface area (Å²) in [6.07, 6.45) is 0. The van der Waals surface area contributed by atoms with E-state index in [1.807, 2.05) is 0 Å². The molecule has 0 bridgehead atoms. The second-order valence-electron chi connectivity index (χ2n) is 2.73. The molecule has 0 aliphatic rings. The van der Waals surface area contributed by atoms with Gasteiger partial charge in [-0.25, -0.2) is 13.6 Å². The minimum atomic E-state index is -1.98. The van der Waals surface area contributed by atoms with Crippen LogP contribution in [0.1, 0.15) is 10.4 Å². The maximum atomic E-state index is 13.0. The van der Waals surface area contributed by atoms with E-state index in [0.29, 0.717) is 6.07 Å². The van der Waals surface area contributed by atoms with E-state index in [9.17, 15) is 13.6 Å². The zero-order valence-corrected chi connectivity index (χ0v) is 7.70. The topological polar surface area (TPSA) is 66.8 Å². The monoisotopic (exact) mass is 216 g/mol. The van der Waals surface area contributed by atoms with E-state index in [0.717, 1.165) is 13.2 Å². The normalized spacial score (nSPS) is 9.93. The predicted octanol–water partition coefficient (Wildman–Crippen LogP) is -0.569. The summed E-state index contributed by atoms with van der Waals surface area (Å²) in [5.74, 6) is -3.82. The van der Waals surface area contributed by atoms with Gasteiger partial charge in [-0.2, -0.15) is 0 Å². The van der Waals surface area contributed by atoms with Gasteiger partial charge in [0.25, 0.3) is 0 Å². The van der Waals surface area contributed by atoms with Gasteiger partial charge in [-0.05, 0) is 17.6 Å². The van der Waals surface area contributed by atoms with Crippen LogP contribution >= 0.6 is 0 Å². The third-order valence-corrected chi connectivity index (χ3v) is 1.75. The number of ether oxygens (including phenoxy) is 1. The molecule has 1 rings (SSSR count).